The van der Waals surface area contributed by atoms with E-state index >= 15 is 0 Å². The summed E-state index contributed by atoms with van der Waals surface area (Å²) in [5.41, 5.74) is 1.94. The molecule has 1 saturated heterocycles. The van der Waals surface area contributed by atoms with Crippen LogP contribution in [0, 0.1) is 0 Å². The number of carbonyl (C=O) groups is 1. The van der Waals surface area contributed by atoms with Gasteiger partial charge in [-0.1, -0.05) is 0 Å². The highest BCUT2D eigenvalue weighted by Gasteiger charge is 2.18. The van der Waals surface area contributed by atoms with Crippen LogP contribution in [0.5, 0.6) is 23.0 Å². The summed E-state index contributed by atoms with van der Waals surface area (Å²) in [4.78, 5) is 17.0. The van der Waals surface area contributed by atoms with Gasteiger partial charge in [-0.2, -0.15) is 0 Å². The Bertz CT molecular complexity index is 886. The first kappa shape index (κ1) is 22.3. The number of hydrogen-bond acceptors (Lipinski definition) is 6. The average molecular weight is 427 g/mol. The molecular formula is C24H30N2O5. The van der Waals surface area contributed by atoms with Gasteiger partial charge in [-0.25, -0.2) is 0 Å². The van der Waals surface area contributed by atoms with E-state index in [0.717, 1.165) is 43.1 Å². The highest BCUT2D eigenvalue weighted by atomic mass is 16.5. The van der Waals surface area contributed by atoms with Crippen LogP contribution in [-0.2, 0) is 4.79 Å². The Labute approximate surface area is 183 Å². The molecule has 1 aliphatic heterocycles. The third-order valence-corrected chi connectivity index (χ3v) is 5.35. The summed E-state index contributed by atoms with van der Waals surface area (Å²) in [7, 11) is 6.37. The number of hydrogen-bond donors (Lipinski definition) is 0. The molecule has 0 bridgehead atoms. The summed E-state index contributed by atoms with van der Waals surface area (Å²) < 4.78 is 21.3. The molecular weight excluding hydrogens is 396 g/mol. The Morgan fingerprint density at radius 3 is 2.10 bits per heavy atom. The number of benzene rings is 2. The summed E-state index contributed by atoms with van der Waals surface area (Å²) in [5, 5.41) is 0. The zero-order chi connectivity index (χ0) is 22.2. The van der Waals surface area contributed by atoms with Crippen LogP contribution in [0.1, 0.15) is 12.0 Å². The molecule has 0 N–H and O–H groups in total. The van der Waals surface area contributed by atoms with E-state index in [-0.39, 0.29) is 5.91 Å². The fraction of sp³-hybridized carbons (Fsp3) is 0.375. The van der Waals surface area contributed by atoms with Gasteiger partial charge in [-0.3, -0.25) is 4.79 Å². The predicted octanol–water partition coefficient (Wildman–Crippen LogP) is 3.47. The predicted molar refractivity (Wildman–Crippen MR) is 122 cm³/mol. The number of carbonyl (C=O) groups excluding carboxylic acids is 1. The minimum absolute atomic E-state index is 0.00895. The third kappa shape index (κ3) is 5.42. The standard InChI is InChI=1S/C24H30N2O5/c1-28-20-9-7-19(8-10-20)25-12-5-13-26(15-14-25)23(27)11-6-18-16-21(29-2)24(31-4)22(17-18)30-3/h6-11,16-17H,5,12-15H2,1-4H3/b11-6+. The van der Waals surface area contributed by atoms with E-state index in [1.54, 1.807) is 40.6 Å². The first-order chi connectivity index (χ1) is 15.1. The lowest BCUT2D eigenvalue weighted by Crippen LogP contribution is -2.34. The van der Waals surface area contributed by atoms with Crippen molar-refractivity contribution in [2.45, 2.75) is 6.42 Å². The van der Waals surface area contributed by atoms with Gasteiger partial charge in [0.15, 0.2) is 11.5 Å². The van der Waals surface area contributed by atoms with Crippen LogP contribution < -0.4 is 23.8 Å². The molecule has 1 aliphatic rings. The molecule has 166 valence electrons. The summed E-state index contributed by atoms with van der Waals surface area (Å²) in [6.07, 6.45) is 4.29. The number of amides is 1. The molecule has 0 aliphatic carbocycles. The molecule has 0 atom stereocenters. The molecule has 0 spiro atoms. The minimum atomic E-state index is -0.00895. The second-order valence-electron chi connectivity index (χ2n) is 7.16. The Kier molecular flexibility index (Phi) is 7.65. The first-order valence-corrected chi connectivity index (χ1v) is 10.3. The van der Waals surface area contributed by atoms with E-state index in [1.807, 2.05) is 29.2 Å². The fourth-order valence-electron chi connectivity index (χ4n) is 3.66. The van der Waals surface area contributed by atoms with Crippen molar-refractivity contribution in [2.24, 2.45) is 0 Å². The zero-order valence-electron chi connectivity index (χ0n) is 18.6. The van der Waals surface area contributed by atoms with E-state index in [4.69, 9.17) is 18.9 Å². The number of nitrogens with zero attached hydrogens (tertiary/aromatic N) is 2. The molecule has 2 aromatic rings. The number of anilines is 1. The van der Waals surface area contributed by atoms with E-state index in [0.29, 0.717) is 23.8 Å². The highest BCUT2D eigenvalue weighted by molar-refractivity contribution is 5.92. The lowest BCUT2D eigenvalue weighted by Gasteiger charge is -2.23. The van der Waals surface area contributed by atoms with Crippen LogP contribution in [0.3, 0.4) is 0 Å². The summed E-state index contributed by atoms with van der Waals surface area (Å²) >= 11 is 0. The molecule has 3 rings (SSSR count). The van der Waals surface area contributed by atoms with Gasteiger partial charge in [-0.15, -0.1) is 0 Å². The number of ether oxygens (including phenoxy) is 4. The SMILES string of the molecule is COc1ccc(N2CCCN(C(=O)/C=C/c3cc(OC)c(OC)c(OC)c3)CC2)cc1. The topological polar surface area (TPSA) is 60.5 Å². The van der Waals surface area contributed by atoms with Crippen LogP contribution in [0.15, 0.2) is 42.5 Å². The van der Waals surface area contributed by atoms with Gasteiger partial charge in [0.2, 0.25) is 11.7 Å². The Morgan fingerprint density at radius 1 is 0.839 bits per heavy atom. The molecule has 7 heteroatoms. The highest BCUT2D eigenvalue weighted by Crippen LogP contribution is 2.38. The molecule has 0 saturated carbocycles. The van der Waals surface area contributed by atoms with Crippen LogP contribution in [-0.4, -0.2) is 65.4 Å². The average Bonchev–Trinajstić information content (AvgIpc) is 3.08. The molecule has 0 radical (unpaired) electrons. The van der Waals surface area contributed by atoms with Crippen LogP contribution in [0.2, 0.25) is 0 Å². The Hall–Kier alpha value is -3.35. The first-order valence-electron chi connectivity index (χ1n) is 10.3. The second-order valence-corrected chi connectivity index (χ2v) is 7.16. The maximum Gasteiger partial charge on any atom is 0.246 e. The van der Waals surface area contributed by atoms with Crippen LogP contribution >= 0.6 is 0 Å². The molecule has 1 heterocycles. The molecule has 1 amide bonds. The second kappa shape index (κ2) is 10.6. The monoisotopic (exact) mass is 426 g/mol. The molecule has 31 heavy (non-hydrogen) atoms. The number of rotatable bonds is 7. The molecule has 7 nitrogen and oxygen atoms in total. The van der Waals surface area contributed by atoms with E-state index in [1.165, 1.54) is 0 Å². The van der Waals surface area contributed by atoms with Crippen molar-refractivity contribution in [3.05, 3.63) is 48.0 Å². The number of methoxy groups -OCH3 is 4. The van der Waals surface area contributed by atoms with E-state index < -0.39 is 0 Å². The fourth-order valence-corrected chi connectivity index (χ4v) is 3.66. The van der Waals surface area contributed by atoms with Gasteiger partial charge in [0.1, 0.15) is 5.75 Å². The Morgan fingerprint density at radius 2 is 1.52 bits per heavy atom. The quantitative estimate of drug-likeness (QED) is 0.632. The van der Waals surface area contributed by atoms with Crippen molar-refractivity contribution in [2.75, 3.05) is 59.5 Å². The van der Waals surface area contributed by atoms with Crippen LogP contribution in [0.4, 0.5) is 5.69 Å². The lowest BCUT2D eigenvalue weighted by molar-refractivity contribution is -0.125. The maximum atomic E-state index is 12.8. The smallest absolute Gasteiger partial charge is 0.246 e. The largest absolute Gasteiger partial charge is 0.497 e. The van der Waals surface area contributed by atoms with Crippen LogP contribution in [0.25, 0.3) is 6.08 Å². The molecule has 0 unspecified atom stereocenters. The maximum absolute atomic E-state index is 12.8. The molecule has 1 fully saturated rings. The van der Waals surface area contributed by atoms with Gasteiger partial charge in [0, 0.05) is 37.9 Å². The van der Waals surface area contributed by atoms with Gasteiger partial charge < -0.3 is 28.7 Å². The van der Waals surface area contributed by atoms with Gasteiger partial charge in [0.25, 0.3) is 0 Å². The third-order valence-electron chi connectivity index (χ3n) is 5.35. The molecule has 2 aromatic carbocycles. The lowest BCUT2D eigenvalue weighted by atomic mass is 10.1. The Balaban J connectivity index is 1.66. The van der Waals surface area contributed by atoms with Crippen molar-refractivity contribution in [1.82, 2.24) is 4.90 Å². The summed E-state index contributed by atoms with van der Waals surface area (Å²) in [5.74, 6) is 2.47. The van der Waals surface area contributed by atoms with E-state index in [2.05, 4.69) is 17.0 Å². The zero-order valence-corrected chi connectivity index (χ0v) is 18.6. The summed E-state index contributed by atoms with van der Waals surface area (Å²) in [6, 6.07) is 11.7. The van der Waals surface area contributed by atoms with Gasteiger partial charge in [0.05, 0.1) is 28.4 Å². The minimum Gasteiger partial charge on any atom is -0.497 e. The molecule has 0 aromatic heterocycles. The van der Waals surface area contributed by atoms with E-state index in [9.17, 15) is 4.79 Å². The normalized spacial score (nSPS) is 14.3. The van der Waals surface area contributed by atoms with Crippen molar-refractivity contribution in [1.29, 1.82) is 0 Å². The van der Waals surface area contributed by atoms with Crippen molar-refractivity contribution in [3.63, 3.8) is 0 Å². The van der Waals surface area contributed by atoms with Gasteiger partial charge >= 0.3 is 0 Å². The van der Waals surface area contributed by atoms with Crippen molar-refractivity contribution < 1.29 is 23.7 Å². The van der Waals surface area contributed by atoms with Gasteiger partial charge in [-0.05, 0) is 54.5 Å². The van der Waals surface area contributed by atoms with Crippen molar-refractivity contribution >= 4 is 17.7 Å². The summed E-state index contributed by atoms with van der Waals surface area (Å²) in [6.45, 7) is 3.10. The van der Waals surface area contributed by atoms with Crippen molar-refractivity contribution in [3.8, 4) is 23.0 Å².